The predicted molar refractivity (Wildman–Crippen MR) is 100 cm³/mol. The molecule has 0 unspecified atom stereocenters. The minimum atomic E-state index is -0.636. The zero-order chi connectivity index (χ0) is 17.9. The number of hydrogen-bond acceptors (Lipinski definition) is 4. The van der Waals surface area contributed by atoms with Crippen molar-refractivity contribution in [1.82, 2.24) is 20.8 Å². The number of aliphatic hydroxyl groups is 1. The van der Waals surface area contributed by atoms with Crippen molar-refractivity contribution in [2.75, 3.05) is 13.1 Å². The normalized spacial score (nSPS) is 15.1. The lowest BCUT2D eigenvalue weighted by atomic mass is 10.1. The van der Waals surface area contributed by atoms with Crippen LogP contribution in [0.1, 0.15) is 21.5 Å². The van der Waals surface area contributed by atoms with Gasteiger partial charge in [0, 0.05) is 24.5 Å². The van der Waals surface area contributed by atoms with Crippen LogP contribution in [0.2, 0.25) is 0 Å². The molecule has 1 aliphatic carbocycles. The predicted octanol–water partition coefficient (Wildman–Crippen LogP) is 1.41. The monoisotopic (exact) mass is 350 g/mol. The summed E-state index contributed by atoms with van der Waals surface area (Å²) in [6, 6.07) is 14.2. The molecule has 26 heavy (non-hydrogen) atoms. The summed E-state index contributed by atoms with van der Waals surface area (Å²) in [7, 11) is 0. The molecule has 4 rings (SSSR count). The molecule has 0 aliphatic heterocycles. The molecule has 6 nitrogen and oxygen atoms in total. The summed E-state index contributed by atoms with van der Waals surface area (Å²) < 4.78 is 0. The van der Waals surface area contributed by atoms with E-state index >= 15 is 0 Å². The average Bonchev–Trinajstić information content (AvgIpc) is 3.30. The van der Waals surface area contributed by atoms with Gasteiger partial charge < -0.3 is 15.7 Å². The van der Waals surface area contributed by atoms with Crippen LogP contribution in [0.4, 0.5) is 0 Å². The van der Waals surface area contributed by atoms with Crippen molar-refractivity contribution in [2.45, 2.75) is 25.0 Å². The van der Waals surface area contributed by atoms with E-state index in [2.05, 4.69) is 45.1 Å². The van der Waals surface area contributed by atoms with Crippen LogP contribution in [0.25, 0.3) is 10.9 Å². The molecule has 0 radical (unpaired) electrons. The molecule has 4 N–H and O–H groups in total. The Morgan fingerprint density at radius 3 is 2.69 bits per heavy atom. The number of hydrogen-bond donors (Lipinski definition) is 4. The van der Waals surface area contributed by atoms with Crippen LogP contribution in [-0.4, -0.2) is 46.4 Å². The number of rotatable bonds is 6. The Morgan fingerprint density at radius 1 is 1.15 bits per heavy atom. The number of nitrogens with zero attached hydrogens (tertiary/aromatic N) is 1. The van der Waals surface area contributed by atoms with E-state index in [-0.39, 0.29) is 12.5 Å². The Labute approximate surface area is 151 Å². The second-order valence-corrected chi connectivity index (χ2v) is 6.79. The van der Waals surface area contributed by atoms with Crippen molar-refractivity contribution >= 4 is 16.8 Å². The third kappa shape index (κ3) is 3.47. The van der Waals surface area contributed by atoms with Crippen LogP contribution in [0.3, 0.4) is 0 Å². The summed E-state index contributed by atoms with van der Waals surface area (Å²) in [6.45, 7) is 0.656. The van der Waals surface area contributed by atoms with Gasteiger partial charge in [0.25, 0.3) is 5.91 Å². The van der Waals surface area contributed by atoms with Crippen molar-refractivity contribution in [2.24, 2.45) is 0 Å². The van der Waals surface area contributed by atoms with Gasteiger partial charge in [0.2, 0.25) is 0 Å². The highest BCUT2D eigenvalue weighted by Crippen LogP contribution is 2.21. The topological polar surface area (TPSA) is 90.0 Å². The molecule has 2 aromatic carbocycles. The van der Waals surface area contributed by atoms with Gasteiger partial charge in [-0.2, -0.15) is 5.10 Å². The van der Waals surface area contributed by atoms with E-state index in [0.717, 1.165) is 18.2 Å². The molecule has 1 aliphatic rings. The highest BCUT2D eigenvalue weighted by molar-refractivity contribution is 6.05. The summed E-state index contributed by atoms with van der Waals surface area (Å²) >= 11 is 0. The van der Waals surface area contributed by atoms with E-state index in [1.807, 2.05) is 12.1 Å². The maximum Gasteiger partial charge on any atom is 0.253 e. The van der Waals surface area contributed by atoms with Gasteiger partial charge in [-0.25, -0.2) is 0 Å². The molecular weight excluding hydrogens is 328 g/mol. The molecule has 0 saturated heterocycles. The van der Waals surface area contributed by atoms with Crippen molar-refractivity contribution in [3.8, 4) is 0 Å². The van der Waals surface area contributed by atoms with Crippen LogP contribution in [0, 0.1) is 0 Å². The number of carbonyl (C=O) groups is 1. The van der Waals surface area contributed by atoms with Gasteiger partial charge in [-0.1, -0.05) is 36.4 Å². The number of aromatic nitrogens is 2. The molecule has 3 aromatic rings. The smallest absolute Gasteiger partial charge is 0.253 e. The van der Waals surface area contributed by atoms with Crippen LogP contribution >= 0.6 is 0 Å². The van der Waals surface area contributed by atoms with Crippen molar-refractivity contribution in [3.63, 3.8) is 0 Å². The maximum absolute atomic E-state index is 12.4. The number of nitrogens with one attached hydrogen (secondary N) is 3. The Balaban J connectivity index is 1.26. The molecule has 0 fully saturated rings. The lowest BCUT2D eigenvalue weighted by Crippen LogP contribution is -2.41. The highest BCUT2D eigenvalue weighted by Gasteiger charge is 2.21. The van der Waals surface area contributed by atoms with Gasteiger partial charge in [-0.05, 0) is 30.0 Å². The summed E-state index contributed by atoms with van der Waals surface area (Å²) in [4.78, 5) is 12.4. The van der Waals surface area contributed by atoms with Crippen LogP contribution in [0.15, 0.2) is 48.7 Å². The molecule has 1 atom stereocenters. The summed E-state index contributed by atoms with van der Waals surface area (Å²) in [5, 5.41) is 24.1. The minimum absolute atomic E-state index is 0.204. The Bertz CT molecular complexity index is 896. The lowest BCUT2D eigenvalue weighted by Gasteiger charge is -2.17. The maximum atomic E-state index is 12.4. The van der Waals surface area contributed by atoms with E-state index < -0.39 is 6.10 Å². The van der Waals surface area contributed by atoms with Gasteiger partial charge >= 0.3 is 0 Å². The third-order valence-corrected chi connectivity index (χ3v) is 4.91. The van der Waals surface area contributed by atoms with Gasteiger partial charge in [-0.3, -0.25) is 9.89 Å². The number of aromatic amines is 1. The first kappa shape index (κ1) is 16.8. The Hall–Kier alpha value is -2.70. The fraction of sp³-hybridized carbons (Fsp3) is 0.300. The van der Waals surface area contributed by atoms with Crippen LogP contribution < -0.4 is 10.6 Å². The van der Waals surface area contributed by atoms with E-state index in [9.17, 15) is 9.90 Å². The van der Waals surface area contributed by atoms with Gasteiger partial charge in [0.05, 0.1) is 23.4 Å². The Morgan fingerprint density at radius 2 is 1.92 bits per heavy atom. The average molecular weight is 350 g/mol. The highest BCUT2D eigenvalue weighted by atomic mass is 16.3. The second-order valence-electron chi connectivity index (χ2n) is 6.79. The van der Waals surface area contributed by atoms with E-state index in [1.165, 1.54) is 11.1 Å². The third-order valence-electron chi connectivity index (χ3n) is 4.91. The molecule has 134 valence electrons. The van der Waals surface area contributed by atoms with Gasteiger partial charge in [0.15, 0.2) is 0 Å². The molecule has 1 aromatic heterocycles. The van der Waals surface area contributed by atoms with E-state index in [0.29, 0.717) is 23.7 Å². The first-order chi connectivity index (χ1) is 12.7. The fourth-order valence-electron chi connectivity index (χ4n) is 3.54. The quantitative estimate of drug-likeness (QED) is 0.541. The summed E-state index contributed by atoms with van der Waals surface area (Å²) in [6.07, 6.45) is 3.02. The number of aliphatic hydroxyl groups excluding tert-OH is 1. The van der Waals surface area contributed by atoms with Gasteiger partial charge in [-0.15, -0.1) is 0 Å². The number of benzene rings is 2. The first-order valence-corrected chi connectivity index (χ1v) is 8.89. The largest absolute Gasteiger partial charge is 0.390 e. The molecule has 1 heterocycles. The number of fused-ring (bicyclic) bond motifs is 2. The standard InChI is InChI=1S/C20H22N4O2/c25-17(11-21-16-8-13-4-1-2-5-14(13)9-16)12-22-20(26)18-7-3-6-15-10-23-24-19(15)18/h1-7,10,16-17,21,25H,8-9,11-12H2,(H,22,26)(H,23,24)/t17-/m0/s1. The number of H-pyrrole nitrogens is 1. The number of carbonyl (C=O) groups excluding carboxylic acids is 1. The van der Waals surface area contributed by atoms with Gasteiger partial charge in [0.1, 0.15) is 0 Å². The molecule has 1 amide bonds. The lowest BCUT2D eigenvalue weighted by molar-refractivity contribution is 0.0915. The zero-order valence-electron chi connectivity index (χ0n) is 14.4. The van der Waals surface area contributed by atoms with Crippen LogP contribution in [-0.2, 0) is 12.8 Å². The van der Waals surface area contributed by atoms with E-state index in [1.54, 1.807) is 12.3 Å². The SMILES string of the molecule is O=C(NC[C@@H](O)CNC1Cc2ccccc2C1)c1cccc2cn[nH]c12. The minimum Gasteiger partial charge on any atom is -0.390 e. The molecule has 0 saturated carbocycles. The van der Waals surface area contributed by atoms with Crippen molar-refractivity contribution in [3.05, 3.63) is 65.4 Å². The van der Waals surface area contributed by atoms with E-state index in [4.69, 9.17) is 0 Å². The molecule has 0 bridgehead atoms. The zero-order valence-corrected chi connectivity index (χ0v) is 14.4. The summed E-state index contributed by atoms with van der Waals surface area (Å²) in [5.41, 5.74) is 3.99. The summed E-state index contributed by atoms with van der Waals surface area (Å²) in [5.74, 6) is -0.216. The van der Waals surface area contributed by atoms with Crippen molar-refractivity contribution < 1.29 is 9.90 Å². The molecule has 0 spiro atoms. The number of amides is 1. The number of para-hydroxylation sites is 1. The van der Waals surface area contributed by atoms with Crippen LogP contribution in [0.5, 0.6) is 0 Å². The first-order valence-electron chi connectivity index (χ1n) is 8.89. The fourth-order valence-corrected chi connectivity index (χ4v) is 3.54. The molecule has 6 heteroatoms. The molecular formula is C20H22N4O2. The Kier molecular flexibility index (Phi) is 4.69. The second kappa shape index (κ2) is 7.27. The van der Waals surface area contributed by atoms with Crippen molar-refractivity contribution in [1.29, 1.82) is 0 Å².